The van der Waals surface area contributed by atoms with Gasteiger partial charge in [0, 0.05) is 35.3 Å². The van der Waals surface area contributed by atoms with Crippen LogP contribution in [0, 0.1) is 28.6 Å². The molecule has 2 amide bonds. The Labute approximate surface area is 253 Å². The topological polar surface area (TPSA) is 49.4 Å². The lowest BCUT2D eigenvalue weighted by atomic mass is 9.49. The third-order valence-corrected chi connectivity index (χ3v) is 11.4. The van der Waals surface area contributed by atoms with Crippen molar-refractivity contribution < 1.29 is 22.8 Å². The molecule has 2 aromatic rings. The third-order valence-electron chi connectivity index (χ3n) is 11.4. The summed E-state index contributed by atoms with van der Waals surface area (Å²) >= 11 is 0. The molecule has 1 N–H and O–H groups in total. The van der Waals surface area contributed by atoms with E-state index in [1.807, 2.05) is 0 Å². The van der Waals surface area contributed by atoms with Crippen LogP contribution < -0.4 is 5.32 Å². The van der Waals surface area contributed by atoms with Crippen LogP contribution in [0.5, 0.6) is 0 Å². The Morgan fingerprint density at radius 2 is 1.67 bits per heavy atom. The summed E-state index contributed by atoms with van der Waals surface area (Å²) in [4.78, 5) is 29.4. The smallest absolute Gasteiger partial charge is 0.308 e. The first-order valence-electron chi connectivity index (χ1n) is 15.7. The first-order chi connectivity index (χ1) is 20.1. The average Bonchev–Trinajstić information content (AvgIpc) is 3.34. The van der Waals surface area contributed by atoms with Crippen molar-refractivity contribution in [2.24, 2.45) is 28.6 Å². The number of amides is 2. The van der Waals surface area contributed by atoms with Gasteiger partial charge in [-0.25, -0.2) is 4.79 Å². The van der Waals surface area contributed by atoms with Crippen molar-refractivity contribution in [3.8, 4) is 0 Å². The van der Waals surface area contributed by atoms with Crippen molar-refractivity contribution >= 4 is 17.5 Å². The van der Waals surface area contributed by atoms with E-state index in [1.54, 1.807) is 11.0 Å². The largest absolute Gasteiger partial charge is 0.416 e. The molecule has 0 bridgehead atoms. The fraction of sp³-hybridized carbons (Fsp3) is 0.556. The minimum atomic E-state index is -4.51. The summed E-state index contributed by atoms with van der Waals surface area (Å²) in [5, 5.41) is 2.75. The van der Waals surface area contributed by atoms with Gasteiger partial charge in [0.25, 0.3) is 0 Å². The van der Waals surface area contributed by atoms with E-state index in [0.29, 0.717) is 30.5 Å². The number of hydrogen-bond donors (Lipinski definition) is 1. The Morgan fingerprint density at radius 1 is 0.953 bits per heavy atom. The Kier molecular flexibility index (Phi) is 7.13. The zero-order valence-electron chi connectivity index (χ0n) is 25.9. The maximum atomic E-state index is 13.9. The van der Waals surface area contributed by atoms with E-state index in [1.165, 1.54) is 30.5 Å². The number of rotatable bonds is 2. The van der Waals surface area contributed by atoms with Crippen LogP contribution in [-0.2, 0) is 16.4 Å². The fourth-order valence-corrected chi connectivity index (χ4v) is 9.05. The summed E-state index contributed by atoms with van der Waals surface area (Å²) in [5.41, 5.74) is 2.05. The number of nitrogens with zero attached hydrogens (tertiary/aromatic N) is 1. The number of fused-ring (bicyclic) bond motifs is 5. The van der Waals surface area contributed by atoms with Crippen molar-refractivity contribution in [3.63, 3.8) is 0 Å². The van der Waals surface area contributed by atoms with Crippen LogP contribution >= 0.6 is 0 Å². The molecule has 4 aliphatic rings. The predicted octanol–water partition coefficient (Wildman–Crippen LogP) is 9.33. The quantitative estimate of drug-likeness (QED) is 0.378. The molecule has 1 heterocycles. The van der Waals surface area contributed by atoms with Crippen molar-refractivity contribution in [1.29, 1.82) is 0 Å². The molecule has 0 spiro atoms. The molecule has 0 radical (unpaired) electrons. The summed E-state index contributed by atoms with van der Waals surface area (Å²) in [7, 11) is 0. The van der Waals surface area contributed by atoms with Gasteiger partial charge in [0.2, 0.25) is 0 Å². The van der Waals surface area contributed by atoms with Crippen LogP contribution in [0.4, 0.5) is 23.7 Å². The zero-order valence-corrected chi connectivity index (χ0v) is 25.9. The number of nitrogens with one attached hydrogen (secondary N) is 1. The summed E-state index contributed by atoms with van der Waals surface area (Å²) in [6.45, 7) is 11.6. The maximum absolute atomic E-state index is 13.9. The average molecular weight is 593 g/mol. The molecule has 2 saturated carbocycles. The second kappa shape index (κ2) is 10.2. The van der Waals surface area contributed by atoms with Gasteiger partial charge in [-0.2, -0.15) is 13.2 Å². The van der Waals surface area contributed by atoms with Crippen molar-refractivity contribution in [2.75, 3.05) is 11.9 Å². The van der Waals surface area contributed by atoms with E-state index in [9.17, 15) is 22.8 Å². The number of likely N-dealkylation sites (tertiary alicyclic amines) is 1. The molecular formula is C36H43F3N2O2. The number of benzene rings is 2. The molecule has 3 fully saturated rings. The van der Waals surface area contributed by atoms with Crippen LogP contribution in [-0.4, -0.2) is 23.3 Å². The van der Waals surface area contributed by atoms with E-state index in [4.69, 9.17) is 0 Å². The highest BCUT2D eigenvalue weighted by Crippen LogP contribution is 2.65. The zero-order chi connectivity index (χ0) is 30.9. The van der Waals surface area contributed by atoms with Gasteiger partial charge in [-0.1, -0.05) is 71.4 Å². The number of urea groups is 1. The third kappa shape index (κ3) is 5.21. The molecule has 43 heavy (non-hydrogen) atoms. The lowest BCUT2D eigenvalue weighted by molar-refractivity contribution is -0.137. The molecule has 7 heteroatoms. The molecule has 1 aliphatic heterocycles. The lowest BCUT2D eigenvalue weighted by Crippen LogP contribution is -2.59. The Hall–Kier alpha value is -3.09. The number of carbonyl (C=O) groups excluding carboxylic acids is 2. The monoisotopic (exact) mass is 592 g/mol. The van der Waals surface area contributed by atoms with Crippen LogP contribution in [0.25, 0.3) is 0 Å². The number of carbonyl (C=O) groups is 2. The van der Waals surface area contributed by atoms with Gasteiger partial charge < -0.3 is 5.32 Å². The van der Waals surface area contributed by atoms with E-state index in [0.717, 1.165) is 37.0 Å². The molecule has 1 unspecified atom stereocenters. The van der Waals surface area contributed by atoms with Crippen molar-refractivity contribution in [1.82, 2.24) is 4.90 Å². The molecule has 2 aromatic carbocycles. The Balaban J connectivity index is 1.37. The summed E-state index contributed by atoms with van der Waals surface area (Å²) < 4.78 is 40.2. The predicted molar refractivity (Wildman–Crippen MR) is 163 cm³/mol. The normalized spacial score (nSPS) is 32.4. The highest BCUT2D eigenvalue weighted by atomic mass is 19.4. The van der Waals surface area contributed by atoms with Gasteiger partial charge in [0.15, 0.2) is 5.78 Å². The van der Waals surface area contributed by atoms with Gasteiger partial charge in [0.05, 0.1) is 5.56 Å². The van der Waals surface area contributed by atoms with Crippen LogP contribution in [0.15, 0.2) is 60.3 Å². The summed E-state index contributed by atoms with van der Waals surface area (Å²) in [6.07, 6.45) is 3.49. The highest BCUT2D eigenvalue weighted by molar-refractivity contribution is 5.99. The van der Waals surface area contributed by atoms with E-state index >= 15 is 0 Å². The van der Waals surface area contributed by atoms with E-state index in [2.05, 4.69) is 64.2 Å². The van der Waals surface area contributed by atoms with Crippen molar-refractivity contribution in [3.05, 3.63) is 77.0 Å². The van der Waals surface area contributed by atoms with Gasteiger partial charge in [-0.05, 0) is 90.0 Å². The van der Waals surface area contributed by atoms with Crippen LogP contribution in [0.1, 0.15) is 95.8 Å². The Bertz CT molecular complexity index is 1460. The molecular weight excluding hydrogens is 549 g/mol. The molecule has 1 saturated heterocycles. The highest BCUT2D eigenvalue weighted by Gasteiger charge is 2.60. The maximum Gasteiger partial charge on any atom is 0.416 e. The van der Waals surface area contributed by atoms with Gasteiger partial charge in [-0.3, -0.25) is 9.69 Å². The molecule has 6 rings (SSSR count). The van der Waals surface area contributed by atoms with Gasteiger partial charge in [-0.15, -0.1) is 0 Å². The number of hydrogen-bond acceptors (Lipinski definition) is 2. The summed E-state index contributed by atoms with van der Waals surface area (Å²) in [5.74, 6) is 0.764. The van der Waals surface area contributed by atoms with Gasteiger partial charge >= 0.3 is 12.2 Å². The van der Waals surface area contributed by atoms with Gasteiger partial charge in [0.1, 0.15) is 0 Å². The molecule has 4 nitrogen and oxygen atoms in total. The number of anilines is 1. The number of allylic oxidation sites excluding steroid dienone is 2. The first kappa shape index (κ1) is 30.0. The number of halogens is 3. The number of ketones is 1. The fourth-order valence-electron chi connectivity index (χ4n) is 9.05. The van der Waals surface area contributed by atoms with Crippen LogP contribution in [0.3, 0.4) is 0 Å². The van der Waals surface area contributed by atoms with E-state index in [-0.39, 0.29) is 34.1 Å². The SMILES string of the molecule is CC(C)(C)c1ccc(C2C[C@@]3(C)C(=CC2=O)N(C(=O)Nc2cccc(C(F)(F)F)c2)C[C@H]2[C@@H]4CCC[C@@]4(C)CC[C@@H]23)cc1. The van der Waals surface area contributed by atoms with Crippen LogP contribution in [0.2, 0.25) is 0 Å². The molecule has 0 aromatic heterocycles. The number of piperidine rings is 1. The summed E-state index contributed by atoms with van der Waals surface area (Å²) in [6, 6.07) is 12.7. The molecule has 6 atom stereocenters. The van der Waals surface area contributed by atoms with Crippen molar-refractivity contribution in [2.45, 2.75) is 90.7 Å². The lowest BCUT2D eigenvalue weighted by Gasteiger charge is -2.60. The van der Waals surface area contributed by atoms with E-state index < -0.39 is 23.2 Å². The Morgan fingerprint density at radius 3 is 2.35 bits per heavy atom. The standard InChI is InChI=1S/C36H43F3N2O2/c1-33(2,3)23-13-11-22(12-14-23)26-20-35(5)29-15-17-34(4)16-7-10-28(34)27(29)21-41(31(35)19-30(26)42)32(43)40-25-9-6-8-24(18-25)36(37,38)39/h6,8-9,11-14,18-19,26-29H,7,10,15-17,20-21H2,1-5H3,(H,40,43)/t26?,27-,28-,29-,34-,35+/m0/s1. The molecule has 3 aliphatic carbocycles. The first-order valence-corrected chi connectivity index (χ1v) is 15.7. The minimum absolute atomic E-state index is 0.00819. The number of alkyl halides is 3. The second-order valence-electron chi connectivity index (χ2n) is 15.1. The molecule has 230 valence electrons. The minimum Gasteiger partial charge on any atom is -0.308 e. The second-order valence-corrected chi connectivity index (χ2v) is 15.1.